The average Bonchev–Trinajstić information content (AvgIpc) is 3.22. The Morgan fingerprint density at radius 3 is 2.29 bits per heavy atom. The van der Waals surface area contributed by atoms with Gasteiger partial charge in [-0.2, -0.15) is 12.6 Å². The number of benzene rings is 1. The second-order valence-electron chi connectivity index (χ2n) is 9.69. The van der Waals surface area contributed by atoms with Crippen LogP contribution in [-0.4, -0.2) is 39.2 Å². The fraction of sp³-hybridized carbons (Fsp3) is 0.481. The molecule has 0 amide bonds. The van der Waals surface area contributed by atoms with E-state index in [0.29, 0.717) is 29.1 Å². The zero-order chi connectivity index (χ0) is 24.9. The number of fused-ring (bicyclic) bond motifs is 2. The summed E-state index contributed by atoms with van der Waals surface area (Å²) in [5.74, 6) is 0.538. The lowest BCUT2D eigenvalue weighted by Crippen LogP contribution is -2.59. The number of hydrogen-bond donors (Lipinski definition) is 1. The van der Waals surface area contributed by atoms with Crippen LogP contribution >= 0.6 is 12.6 Å². The number of carbonyl (C=O) groups excluding carboxylic acids is 1. The number of carbonyl (C=O) groups is 1. The van der Waals surface area contributed by atoms with Gasteiger partial charge in [-0.05, 0) is 73.7 Å². The number of rotatable bonds is 7. The van der Waals surface area contributed by atoms with Crippen LogP contribution in [0.2, 0.25) is 0 Å². The van der Waals surface area contributed by atoms with Crippen molar-refractivity contribution in [3.05, 3.63) is 69.1 Å². The van der Waals surface area contributed by atoms with Crippen molar-refractivity contribution in [3.63, 3.8) is 0 Å². The zero-order valence-electron chi connectivity index (χ0n) is 21.1. The van der Waals surface area contributed by atoms with E-state index in [9.17, 15) is 4.79 Å². The number of halogens is 2. The third-order valence-electron chi connectivity index (χ3n) is 8.05. The summed E-state index contributed by atoms with van der Waals surface area (Å²) in [6.07, 6.45) is 2.66. The molecule has 0 fully saturated rings. The molecule has 0 spiro atoms. The van der Waals surface area contributed by atoms with Gasteiger partial charge in [-0.25, -0.2) is 0 Å². The van der Waals surface area contributed by atoms with Crippen LogP contribution in [0, 0.1) is 13.8 Å². The van der Waals surface area contributed by atoms with Gasteiger partial charge >= 0.3 is 6.97 Å². The molecule has 182 valence electrons. The highest BCUT2D eigenvalue weighted by Gasteiger charge is 2.60. The SMILES string of the molecule is CCC1=C(C)C2C(c3ccc(C(=O)CCCS)cc3)c3c(C)c(CC)c(C)n3[B-](F)(F)[N+]2=C1C. The van der Waals surface area contributed by atoms with Crippen molar-refractivity contribution in [2.45, 2.75) is 79.2 Å². The van der Waals surface area contributed by atoms with Crippen LogP contribution in [-0.2, 0) is 6.42 Å². The third-order valence-corrected chi connectivity index (χ3v) is 8.37. The number of nitrogens with zero attached hydrogens (tertiary/aromatic N) is 2. The Balaban J connectivity index is 1.95. The molecule has 2 atom stereocenters. The van der Waals surface area contributed by atoms with E-state index in [0.717, 1.165) is 52.8 Å². The molecule has 0 N–H and O–H groups in total. The maximum atomic E-state index is 16.3. The Morgan fingerprint density at radius 2 is 1.74 bits per heavy atom. The summed E-state index contributed by atoms with van der Waals surface area (Å²) < 4.78 is 35.4. The molecule has 0 bridgehead atoms. The van der Waals surface area contributed by atoms with Crippen molar-refractivity contribution in [2.75, 3.05) is 5.75 Å². The van der Waals surface area contributed by atoms with Crippen LogP contribution in [0.3, 0.4) is 0 Å². The number of Topliss-reactive ketones (excluding diaryl/α,β-unsaturated/α-hetero) is 1. The third kappa shape index (κ3) is 3.54. The minimum Gasteiger partial charge on any atom is -0.397 e. The number of hydrogen-bond acceptors (Lipinski definition) is 2. The van der Waals surface area contributed by atoms with Crippen molar-refractivity contribution >= 4 is 31.1 Å². The molecule has 7 heteroatoms. The minimum atomic E-state index is -3.97. The first kappa shape index (κ1) is 25.0. The number of thiol groups is 1. The molecule has 34 heavy (non-hydrogen) atoms. The summed E-state index contributed by atoms with van der Waals surface area (Å²) in [6, 6.07) is 7.23. The molecule has 3 heterocycles. The van der Waals surface area contributed by atoms with Gasteiger partial charge in [0.15, 0.2) is 5.78 Å². The van der Waals surface area contributed by atoms with Crippen molar-refractivity contribution in [1.29, 1.82) is 0 Å². The van der Waals surface area contributed by atoms with Crippen molar-refractivity contribution in [1.82, 2.24) is 4.48 Å². The summed E-state index contributed by atoms with van der Waals surface area (Å²) in [5, 5.41) is 0. The maximum absolute atomic E-state index is 16.3. The lowest BCUT2D eigenvalue weighted by molar-refractivity contribution is -0.463. The molecule has 0 radical (unpaired) electrons. The van der Waals surface area contributed by atoms with E-state index in [1.165, 1.54) is 8.96 Å². The highest BCUT2D eigenvalue weighted by atomic mass is 32.1. The quantitative estimate of drug-likeness (QED) is 0.271. The monoisotopic (exact) mass is 484 g/mol. The molecule has 1 aromatic carbocycles. The summed E-state index contributed by atoms with van der Waals surface area (Å²) in [7, 11) is 0. The maximum Gasteiger partial charge on any atom is 0.732 e. The van der Waals surface area contributed by atoms with Gasteiger partial charge in [0.1, 0.15) is 11.8 Å². The van der Waals surface area contributed by atoms with Crippen LogP contribution in [0.25, 0.3) is 0 Å². The zero-order valence-corrected chi connectivity index (χ0v) is 22.0. The minimum absolute atomic E-state index is 0.0961. The van der Waals surface area contributed by atoms with Gasteiger partial charge in [0.05, 0.1) is 5.92 Å². The second-order valence-corrected chi connectivity index (χ2v) is 10.1. The van der Waals surface area contributed by atoms with Gasteiger partial charge < -0.3 is 17.6 Å². The molecule has 2 aliphatic rings. The fourth-order valence-corrected chi connectivity index (χ4v) is 6.68. The molecule has 2 aromatic rings. The second kappa shape index (κ2) is 9.14. The summed E-state index contributed by atoms with van der Waals surface area (Å²) in [6.45, 7) is 7.78. The van der Waals surface area contributed by atoms with Crippen LogP contribution < -0.4 is 0 Å². The van der Waals surface area contributed by atoms with E-state index < -0.39 is 13.0 Å². The molecule has 2 unspecified atom stereocenters. The molecule has 0 saturated carbocycles. The number of ketones is 1. The van der Waals surface area contributed by atoms with Crippen LogP contribution in [0.1, 0.15) is 91.3 Å². The van der Waals surface area contributed by atoms with E-state index in [1.54, 1.807) is 0 Å². The van der Waals surface area contributed by atoms with Gasteiger partial charge in [-0.15, -0.1) is 0 Å². The highest BCUT2D eigenvalue weighted by Crippen LogP contribution is 2.48. The van der Waals surface area contributed by atoms with Crippen molar-refractivity contribution in [3.8, 4) is 0 Å². The van der Waals surface area contributed by atoms with E-state index in [-0.39, 0.29) is 11.7 Å². The first-order valence-electron chi connectivity index (χ1n) is 12.4. The molecule has 3 nitrogen and oxygen atoms in total. The Kier molecular flexibility index (Phi) is 6.71. The van der Waals surface area contributed by atoms with Gasteiger partial charge in [0.25, 0.3) is 0 Å². The summed E-state index contributed by atoms with van der Waals surface area (Å²) >= 11 is 4.20. The Bertz CT molecular complexity index is 1210. The van der Waals surface area contributed by atoms with Gasteiger partial charge in [0, 0.05) is 30.2 Å². The topological polar surface area (TPSA) is 25.0 Å². The molecule has 0 aliphatic carbocycles. The average molecular weight is 484 g/mol. The largest absolute Gasteiger partial charge is 0.732 e. The Morgan fingerprint density at radius 1 is 1.09 bits per heavy atom. The molecular formula is C27H35BF2N2OS. The fourth-order valence-electron chi connectivity index (χ4n) is 6.52. The smallest absolute Gasteiger partial charge is 0.397 e. The molecular weight excluding hydrogens is 449 g/mol. The Hall–Kier alpha value is -2.15. The van der Waals surface area contributed by atoms with E-state index in [1.807, 2.05) is 65.8 Å². The van der Waals surface area contributed by atoms with E-state index in [2.05, 4.69) is 12.6 Å². The normalized spacial score (nSPS) is 21.2. The van der Waals surface area contributed by atoms with Crippen molar-refractivity contribution in [2.24, 2.45) is 0 Å². The van der Waals surface area contributed by atoms with E-state index >= 15 is 8.63 Å². The number of allylic oxidation sites excluding steroid dienone is 1. The lowest BCUT2D eigenvalue weighted by Gasteiger charge is -2.41. The standard InChI is InChI=1S/C27H35BF2N2OS/c1-7-22-16(3)26-25(21-13-11-20(12-14-21)24(33)10-9-15-34)27-17(4)23(8-2)19(6)32(27)28(29,30)31(26)18(22)5/h11-14,25-26,34H,7-10,15H2,1-6H3. The van der Waals surface area contributed by atoms with Gasteiger partial charge in [-0.3, -0.25) is 4.79 Å². The van der Waals surface area contributed by atoms with Crippen molar-refractivity contribution < 1.29 is 17.9 Å². The molecule has 0 saturated heterocycles. The summed E-state index contributed by atoms with van der Waals surface area (Å²) in [4.78, 5) is 12.5. The predicted octanol–water partition coefficient (Wildman–Crippen LogP) is 6.51. The first-order valence-corrected chi connectivity index (χ1v) is 13.0. The summed E-state index contributed by atoms with van der Waals surface area (Å²) in [5.41, 5.74) is 7.76. The molecule has 1 aromatic heterocycles. The lowest BCUT2D eigenvalue weighted by atomic mass is 9.75. The molecule has 4 rings (SSSR count). The number of aromatic nitrogens is 1. The van der Waals surface area contributed by atoms with E-state index in [4.69, 9.17) is 0 Å². The first-order chi connectivity index (χ1) is 16.1. The van der Waals surface area contributed by atoms with Gasteiger partial charge in [0.2, 0.25) is 0 Å². The van der Waals surface area contributed by atoms with Crippen LogP contribution in [0.4, 0.5) is 8.63 Å². The highest BCUT2D eigenvalue weighted by molar-refractivity contribution is 7.80. The van der Waals surface area contributed by atoms with Crippen LogP contribution in [0.5, 0.6) is 0 Å². The predicted molar refractivity (Wildman–Crippen MR) is 140 cm³/mol. The Labute approximate surface area is 207 Å². The van der Waals surface area contributed by atoms with Gasteiger partial charge in [-0.1, -0.05) is 38.1 Å². The molecule has 2 aliphatic heterocycles. The van der Waals surface area contributed by atoms with Crippen LogP contribution in [0.15, 0.2) is 35.4 Å².